The molecule has 0 saturated carbocycles. The fourth-order valence-electron chi connectivity index (χ4n) is 7.66. The molecule has 0 atom stereocenters. The number of hydrogen-bond donors (Lipinski definition) is 0. The van der Waals surface area contributed by atoms with Crippen LogP contribution in [-0.2, 0) is 21.1 Å². The van der Waals surface area contributed by atoms with Gasteiger partial charge in [0.1, 0.15) is 0 Å². The van der Waals surface area contributed by atoms with Crippen molar-refractivity contribution in [3.63, 3.8) is 0 Å². The zero-order chi connectivity index (χ0) is 42.2. The molecule has 4 saturated heterocycles. The fraction of sp³-hybridized carbons (Fsp3) is 0.909. The number of rotatable bonds is 12. The average molecular weight is 1050 g/mol. The zero-order valence-corrected chi connectivity index (χ0v) is 44.3. The maximum atomic E-state index is 5.53. The normalized spacial score (nSPS) is 18.7. The minimum Gasteiger partial charge on any atom is -0.349 e. The van der Waals surface area contributed by atoms with Gasteiger partial charge in [0.25, 0.3) is 0 Å². The third-order valence-electron chi connectivity index (χ3n) is 10.8. The maximum Gasteiger partial charge on any atom is 0.171 e. The van der Waals surface area contributed by atoms with Crippen molar-refractivity contribution in [1.29, 1.82) is 0 Å². The molecule has 0 aromatic rings. The van der Waals surface area contributed by atoms with Crippen LogP contribution in [0, 0.1) is 0 Å². The van der Waals surface area contributed by atoms with E-state index in [2.05, 4.69) is 122 Å². The van der Waals surface area contributed by atoms with Crippen molar-refractivity contribution >= 4 is 69.3 Å². The van der Waals surface area contributed by atoms with E-state index in [1.165, 1.54) is 77.0 Å². The van der Waals surface area contributed by atoms with E-state index in [0.717, 1.165) is 99.0 Å². The van der Waals surface area contributed by atoms with Gasteiger partial charge in [-0.25, -0.2) is 0 Å². The second-order valence-corrected chi connectivity index (χ2v) is 18.5. The van der Waals surface area contributed by atoms with Crippen LogP contribution in [0.2, 0.25) is 0 Å². The van der Waals surface area contributed by atoms with E-state index < -0.39 is 0 Å². The summed E-state index contributed by atoms with van der Waals surface area (Å²) in [6, 6.07) is 2.17. The first-order chi connectivity index (χ1) is 26.7. The van der Waals surface area contributed by atoms with Gasteiger partial charge in [-0.1, -0.05) is 27.7 Å². The molecule has 0 spiro atoms. The number of hydrogen-bond acceptors (Lipinski definition) is 4. The SMILES string of the molecule is CCCN1CCCCN(C(C)C)C1=S.CCCN1CCCCN(C(C)C)C1=S.CCCN1CCCCN(C(C)C)C1=S.CCCN1CCCCN(C(C)C)C1=S.[Pt]. The Labute approximate surface area is 389 Å². The first-order valence-electron chi connectivity index (χ1n) is 22.9. The molecule has 0 unspecified atom stereocenters. The zero-order valence-electron chi connectivity index (χ0n) is 38.8. The minimum atomic E-state index is 0. The maximum absolute atomic E-state index is 5.53. The molecule has 4 rings (SSSR count). The van der Waals surface area contributed by atoms with Crippen LogP contribution in [0.5, 0.6) is 0 Å². The van der Waals surface area contributed by atoms with Gasteiger partial charge in [0.05, 0.1) is 0 Å². The van der Waals surface area contributed by atoms with Crippen molar-refractivity contribution in [2.75, 3.05) is 78.5 Å². The van der Waals surface area contributed by atoms with Gasteiger partial charge in [-0.15, -0.1) is 0 Å². The quantitative estimate of drug-likeness (QED) is 0.174. The molecule has 57 heavy (non-hydrogen) atoms. The number of nitrogens with zero attached hydrogens (tertiary/aromatic N) is 8. The molecule has 13 heteroatoms. The van der Waals surface area contributed by atoms with E-state index in [-0.39, 0.29) is 21.1 Å². The van der Waals surface area contributed by atoms with Crippen LogP contribution in [0.4, 0.5) is 0 Å². The molecule has 0 N–H and O–H groups in total. The van der Waals surface area contributed by atoms with Gasteiger partial charge in [-0.2, -0.15) is 0 Å². The predicted octanol–water partition coefficient (Wildman–Crippen LogP) is 9.95. The van der Waals surface area contributed by atoms with E-state index in [4.69, 9.17) is 48.9 Å². The van der Waals surface area contributed by atoms with Gasteiger partial charge >= 0.3 is 0 Å². The van der Waals surface area contributed by atoms with Crippen LogP contribution in [-0.4, -0.2) is 162 Å². The fourth-order valence-corrected chi connectivity index (χ4v) is 9.60. The van der Waals surface area contributed by atoms with Gasteiger partial charge in [0, 0.05) is 124 Å². The Kier molecular flexibility index (Phi) is 31.9. The first-order valence-corrected chi connectivity index (χ1v) is 24.5. The molecule has 4 fully saturated rings. The second-order valence-electron chi connectivity index (χ2n) is 17.1. The van der Waals surface area contributed by atoms with E-state index in [9.17, 15) is 0 Å². The standard InChI is InChI=1S/4C11H22N2S.Pt/c4*1-4-7-12-8-5-6-9-13(10(2)3)11(12)14;/h4*10H,4-9H2,1-3H3;. The summed E-state index contributed by atoms with van der Waals surface area (Å²) in [5, 5.41) is 4.28. The summed E-state index contributed by atoms with van der Waals surface area (Å²) in [6.07, 6.45) is 15.0. The summed E-state index contributed by atoms with van der Waals surface area (Å²) in [5.41, 5.74) is 0. The number of thiocarbonyl (C=S) groups is 4. The summed E-state index contributed by atoms with van der Waals surface area (Å²) in [4.78, 5) is 18.9. The Hall–Kier alpha value is -0.552. The van der Waals surface area contributed by atoms with Crippen LogP contribution in [0.25, 0.3) is 0 Å². The van der Waals surface area contributed by atoms with Crippen LogP contribution < -0.4 is 0 Å². The molecular weight excluding hydrogens is 964 g/mol. The molecular formula is C44H88N8PtS4. The molecule has 0 radical (unpaired) electrons. The van der Waals surface area contributed by atoms with Crippen molar-refractivity contribution in [2.45, 2.75) is 184 Å². The average Bonchev–Trinajstić information content (AvgIpc) is 3.62. The summed E-state index contributed by atoms with van der Waals surface area (Å²) in [7, 11) is 0. The molecule has 8 nitrogen and oxygen atoms in total. The first kappa shape index (κ1) is 56.4. The van der Waals surface area contributed by atoms with E-state index >= 15 is 0 Å². The summed E-state index contributed by atoms with van der Waals surface area (Å²) in [5.74, 6) is 0. The Morgan fingerprint density at radius 3 is 0.632 bits per heavy atom. The third-order valence-corrected chi connectivity index (χ3v) is 12.8. The summed E-state index contributed by atoms with van der Waals surface area (Å²) in [6.45, 7) is 40.2. The Bertz CT molecular complexity index is 942. The Balaban J connectivity index is 0.000000729. The van der Waals surface area contributed by atoms with Crippen LogP contribution in [0.15, 0.2) is 0 Å². The van der Waals surface area contributed by atoms with Crippen molar-refractivity contribution in [3.05, 3.63) is 0 Å². The molecule has 0 amide bonds. The molecule has 4 heterocycles. The smallest absolute Gasteiger partial charge is 0.171 e. The van der Waals surface area contributed by atoms with Crippen molar-refractivity contribution < 1.29 is 21.1 Å². The van der Waals surface area contributed by atoms with Crippen molar-refractivity contribution in [2.24, 2.45) is 0 Å². The monoisotopic (exact) mass is 1050 g/mol. The Morgan fingerprint density at radius 1 is 0.333 bits per heavy atom. The van der Waals surface area contributed by atoms with Crippen molar-refractivity contribution in [1.82, 2.24) is 39.2 Å². The molecule has 0 aromatic heterocycles. The molecule has 4 aliphatic rings. The van der Waals surface area contributed by atoms with Gasteiger partial charge < -0.3 is 39.2 Å². The molecule has 0 aliphatic carbocycles. The van der Waals surface area contributed by atoms with Crippen LogP contribution in [0.1, 0.15) is 160 Å². The third kappa shape index (κ3) is 20.7. The van der Waals surface area contributed by atoms with Crippen molar-refractivity contribution in [3.8, 4) is 0 Å². The van der Waals surface area contributed by atoms with E-state index in [1.807, 2.05) is 0 Å². The summed E-state index contributed by atoms with van der Waals surface area (Å²) < 4.78 is 0. The molecule has 338 valence electrons. The predicted molar refractivity (Wildman–Crippen MR) is 262 cm³/mol. The van der Waals surface area contributed by atoms with Crippen LogP contribution >= 0.6 is 48.9 Å². The van der Waals surface area contributed by atoms with Crippen LogP contribution in [0.3, 0.4) is 0 Å². The van der Waals surface area contributed by atoms with E-state index in [1.54, 1.807) is 0 Å². The Morgan fingerprint density at radius 2 is 0.491 bits per heavy atom. The minimum absolute atomic E-state index is 0. The molecule has 0 bridgehead atoms. The van der Waals surface area contributed by atoms with Gasteiger partial charge in [0.15, 0.2) is 20.4 Å². The molecule has 0 aromatic carbocycles. The van der Waals surface area contributed by atoms with E-state index in [0.29, 0.717) is 24.2 Å². The molecule has 4 aliphatic heterocycles. The topological polar surface area (TPSA) is 25.9 Å². The summed E-state index contributed by atoms with van der Waals surface area (Å²) >= 11 is 22.1. The largest absolute Gasteiger partial charge is 0.349 e. The second kappa shape index (κ2) is 32.2. The van der Waals surface area contributed by atoms with Gasteiger partial charge in [0.2, 0.25) is 0 Å². The van der Waals surface area contributed by atoms with Gasteiger partial charge in [-0.3, -0.25) is 0 Å². The van der Waals surface area contributed by atoms with Gasteiger partial charge in [-0.05, 0) is 181 Å².